The van der Waals surface area contributed by atoms with Crippen molar-refractivity contribution in [3.63, 3.8) is 0 Å². The summed E-state index contributed by atoms with van der Waals surface area (Å²) in [5, 5.41) is 10.3. The first-order valence-corrected chi connectivity index (χ1v) is 13.0. The van der Waals surface area contributed by atoms with Crippen molar-refractivity contribution in [3.8, 4) is 0 Å². The molecule has 1 N–H and O–H groups in total. The SMILES string of the molecule is C=CCOC(=O)[C@@H]1[C@H]2C(=O)N([C@@H](CO)C(C)C)C(C(=O)N(CC=C)CCCC)C23CC[C@@]1(CC)O3. The summed E-state index contributed by atoms with van der Waals surface area (Å²) < 4.78 is 12.2. The number of carbonyl (C=O) groups excluding carboxylic acids is 3. The van der Waals surface area contributed by atoms with E-state index in [1.54, 1.807) is 15.9 Å². The summed E-state index contributed by atoms with van der Waals surface area (Å²) in [5.41, 5.74) is -1.97. The highest BCUT2D eigenvalue weighted by Crippen LogP contribution is 2.65. The lowest BCUT2D eigenvalue weighted by molar-refractivity contribution is -0.163. The maximum Gasteiger partial charge on any atom is 0.313 e. The molecule has 0 aliphatic carbocycles. The fraction of sp³-hybridized carbons (Fsp3) is 0.741. The molecule has 2 bridgehead atoms. The average Bonchev–Trinajstić information content (AvgIpc) is 3.44. The van der Waals surface area contributed by atoms with Crippen molar-refractivity contribution in [2.45, 2.75) is 83.1 Å². The van der Waals surface area contributed by atoms with Crippen molar-refractivity contribution in [2.24, 2.45) is 17.8 Å². The van der Waals surface area contributed by atoms with E-state index in [9.17, 15) is 19.5 Å². The monoisotopic (exact) mass is 490 g/mol. The third-order valence-corrected chi connectivity index (χ3v) is 8.21. The third-order valence-electron chi connectivity index (χ3n) is 8.21. The number of amides is 2. The minimum Gasteiger partial charge on any atom is -0.461 e. The fourth-order valence-electron chi connectivity index (χ4n) is 6.47. The lowest BCUT2D eigenvalue weighted by Crippen LogP contribution is -2.59. The van der Waals surface area contributed by atoms with Gasteiger partial charge in [-0.3, -0.25) is 14.4 Å². The molecule has 0 aromatic heterocycles. The van der Waals surface area contributed by atoms with E-state index in [0.29, 0.717) is 32.4 Å². The van der Waals surface area contributed by atoms with Gasteiger partial charge in [0, 0.05) is 13.1 Å². The predicted molar refractivity (Wildman–Crippen MR) is 132 cm³/mol. The Kier molecular flexibility index (Phi) is 8.48. The molecule has 3 rings (SSSR count). The Morgan fingerprint density at radius 3 is 2.54 bits per heavy atom. The minimum absolute atomic E-state index is 0.0461. The zero-order valence-electron chi connectivity index (χ0n) is 21.7. The van der Waals surface area contributed by atoms with Crippen LogP contribution >= 0.6 is 0 Å². The van der Waals surface area contributed by atoms with Crippen molar-refractivity contribution >= 4 is 17.8 Å². The van der Waals surface area contributed by atoms with E-state index in [-0.39, 0.29) is 30.9 Å². The second-order valence-electron chi connectivity index (χ2n) is 10.4. The first-order chi connectivity index (χ1) is 16.7. The van der Waals surface area contributed by atoms with Gasteiger partial charge in [-0.05, 0) is 31.6 Å². The molecule has 196 valence electrons. The molecule has 3 aliphatic heterocycles. The van der Waals surface area contributed by atoms with E-state index in [0.717, 1.165) is 12.8 Å². The summed E-state index contributed by atoms with van der Waals surface area (Å²) >= 11 is 0. The van der Waals surface area contributed by atoms with Gasteiger partial charge in [0.15, 0.2) is 0 Å². The lowest BCUT2D eigenvalue weighted by Gasteiger charge is -2.40. The van der Waals surface area contributed by atoms with Crippen LogP contribution in [0.5, 0.6) is 0 Å². The maximum absolute atomic E-state index is 14.2. The highest BCUT2D eigenvalue weighted by molar-refractivity contribution is 5.98. The number of aliphatic hydroxyl groups excluding tert-OH is 1. The number of hydrogen-bond acceptors (Lipinski definition) is 6. The standard InChI is InChI=1S/C27H42N2O6/c1-7-11-15-28(14-8-2)24(32)22-27-13-12-26(10-4,35-27)21(25(33)34-16-9-3)20(27)23(31)29(22)19(17-30)18(5)6/h8-9,18-22,30H,2-3,7,10-17H2,1,4-6H3/t19-,20-,21-,22?,26+,27?/m0/s1. The Hall–Kier alpha value is -2.19. The van der Waals surface area contributed by atoms with Crippen LogP contribution in [0.2, 0.25) is 0 Å². The van der Waals surface area contributed by atoms with Crippen molar-refractivity contribution < 1.29 is 29.0 Å². The van der Waals surface area contributed by atoms with Crippen LogP contribution in [0.15, 0.2) is 25.3 Å². The van der Waals surface area contributed by atoms with E-state index < -0.39 is 41.1 Å². The molecule has 0 saturated carbocycles. The summed E-state index contributed by atoms with van der Waals surface area (Å²) in [5.74, 6) is -2.72. The minimum atomic E-state index is -1.13. The van der Waals surface area contributed by atoms with Crippen LogP contribution in [-0.4, -0.2) is 82.3 Å². The molecule has 8 heteroatoms. The van der Waals surface area contributed by atoms with Gasteiger partial charge in [0.2, 0.25) is 11.8 Å². The number of fused-ring (bicyclic) bond motifs is 1. The van der Waals surface area contributed by atoms with E-state index in [4.69, 9.17) is 9.47 Å². The number of aliphatic hydroxyl groups is 1. The molecule has 3 aliphatic rings. The Balaban J connectivity index is 2.14. The number of esters is 1. The second-order valence-corrected chi connectivity index (χ2v) is 10.4. The fourth-order valence-corrected chi connectivity index (χ4v) is 6.47. The molecule has 1 spiro atoms. The van der Waals surface area contributed by atoms with E-state index in [1.165, 1.54) is 6.08 Å². The molecule has 0 aromatic carbocycles. The average molecular weight is 491 g/mol. The Morgan fingerprint density at radius 1 is 1.29 bits per heavy atom. The number of rotatable bonds is 13. The van der Waals surface area contributed by atoms with Crippen molar-refractivity contribution in [3.05, 3.63) is 25.3 Å². The normalized spacial score (nSPS) is 32.0. The molecule has 0 radical (unpaired) electrons. The molecule has 6 atom stereocenters. The van der Waals surface area contributed by atoms with Crippen LogP contribution in [-0.2, 0) is 23.9 Å². The first-order valence-electron chi connectivity index (χ1n) is 13.0. The molecule has 8 nitrogen and oxygen atoms in total. The zero-order chi connectivity index (χ0) is 26.0. The molecular weight excluding hydrogens is 448 g/mol. The van der Waals surface area contributed by atoms with Gasteiger partial charge in [0.05, 0.1) is 24.2 Å². The number of hydrogen-bond donors (Lipinski definition) is 1. The Bertz CT molecular complexity index is 844. The van der Waals surface area contributed by atoms with Crippen molar-refractivity contribution in [1.29, 1.82) is 0 Å². The summed E-state index contributed by atoms with van der Waals surface area (Å²) in [6.45, 7) is 15.9. The van der Waals surface area contributed by atoms with Crippen LogP contribution in [0.25, 0.3) is 0 Å². The number of unbranched alkanes of at least 4 members (excludes halogenated alkanes) is 1. The van der Waals surface area contributed by atoms with Crippen molar-refractivity contribution in [2.75, 3.05) is 26.3 Å². The van der Waals surface area contributed by atoms with Gasteiger partial charge in [-0.2, -0.15) is 0 Å². The smallest absolute Gasteiger partial charge is 0.313 e. The van der Waals surface area contributed by atoms with E-state index in [2.05, 4.69) is 20.1 Å². The zero-order valence-corrected chi connectivity index (χ0v) is 21.7. The largest absolute Gasteiger partial charge is 0.461 e. The summed E-state index contributed by atoms with van der Waals surface area (Å²) in [6.07, 6.45) is 6.53. The molecule has 3 fully saturated rings. The second kappa shape index (κ2) is 10.8. The lowest BCUT2D eigenvalue weighted by atomic mass is 9.65. The first kappa shape index (κ1) is 27.4. The third kappa shape index (κ3) is 4.33. The van der Waals surface area contributed by atoms with Gasteiger partial charge in [-0.25, -0.2) is 0 Å². The Morgan fingerprint density at radius 2 is 2.00 bits per heavy atom. The van der Waals surface area contributed by atoms with Gasteiger partial charge >= 0.3 is 5.97 Å². The van der Waals surface area contributed by atoms with Crippen molar-refractivity contribution in [1.82, 2.24) is 9.80 Å². The maximum atomic E-state index is 14.2. The molecule has 2 unspecified atom stereocenters. The van der Waals surface area contributed by atoms with Crippen LogP contribution in [0.3, 0.4) is 0 Å². The predicted octanol–water partition coefficient (Wildman–Crippen LogP) is 2.70. The summed E-state index contributed by atoms with van der Waals surface area (Å²) in [4.78, 5) is 44.9. The van der Waals surface area contributed by atoms with E-state index in [1.807, 2.05) is 20.8 Å². The van der Waals surface area contributed by atoms with Crippen LogP contribution in [0, 0.1) is 17.8 Å². The van der Waals surface area contributed by atoms with Gasteiger partial charge in [-0.1, -0.05) is 52.8 Å². The number of likely N-dealkylation sites (tertiary alicyclic amines) is 1. The van der Waals surface area contributed by atoms with Gasteiger partial charge < -0.3 is 24.4 Å². The summed E-state index contributed by atoms with van der Waals surface area (Å²) in [7, 11) is 0. The van der Waals surface area contributed by atoms with Crippen LogP contribution < -0.4 is 0 Å². The topological polar surface area (TPSA) is 96.4 Å². The van der Waals surface area contributed by atoms with Crippen LogP contribution in [0.4, 0.5) is 0 Å². The quantitative estimate of drug-likeness (QED) is 0.315. The summed E-state index contributed by atoms with van der Waals surface area (Å²) in [6, 6.07) is -1.49. The van der Waals surface area contributed by atoms with Gasteiger partial charge in [-0.15, -0.1) is 6.58 Å². The number of carbonyl (C=O) groups is 3. The highest BCUT2D eigenvalue weighted by Gasteiger charge is 2.79. The molecular formula is C27H42N2O6. The highest BCUT2D eigenvalue weighted by atomic mass is 16.6. The van der Waals surface area contributed by atoms with Crippen LogP contribution in [0.1, 0.15) is 59.8 Å². The van der Waals surface area contributed by atoms with Gasteiger partial charge in [0.25, 0.3) is 0 Å². The molecule has 35 heavy (non-hydrogen) atoms. The number of ether oxygens (including phenoxy) is 2. The Labute approximate surface area is 209 Å². The molecule has 3 saturated heterocycles. The van der Waals surface area contributed by atoms with Gasteiger partial charge in [0.1, 0.15) is 24.2 Å². The molecule has 0 aromatic rings. The number of nitrogens with zero attached hydrogens (tertiary/aromatic N) is 2. The van der Waals surface area contributed by atoms with E-state index >= 15 is 0 Å². The molecule has 2 amide bonds. The molecule has 3 heterocycles.